The van der Waals surface area contributed by atoms with Crippen molar-refractivity contribution in [3.8, 4) is 0 Å². The lowest BCUT2D eigenvalue weighted by atomic mass is 10.4. The highest BCUT2D eigenvalue weighted by atomic mass is 35.5. The van der Waals surface area contributed by atoms with Crippen LogP contribution in [0.1, 0.15) is 5.82 Å². The first kappa shape index (κ1) is 11.6. The van der Waals surface area contributed by atoms with Crippen molar-refractivity contribution in [3.05, 3.63) is 33.7 Å². The summed E-state index contributed by atoms with van der Waals surface area (Å²) in [6.45, 7) is 0.422. The van der Waals surface area contributed by atoms with Crippen LogP contribution in [0, 0.1) is 0 Å². The molecule has 7 nitrogen and oxygen atoms in total. The summed E-state index contributed by atoms with van der Waals surface area (Å²) in [7, 11) is 3.38. The van der Waals surface area contributed by atoms with Gasteiger partial charge in [-0.1, -0.05) is 11.6 Å². The van der Waals surface area contributed by atoms with Gasteiger partial charge in [0.25, 0.3) is 5.56 Å². The minimum absolute atomic E-state index is 0.115. The molecule has 0 aliphatic rings. The van der Waals surface area contributed by atoms with Crippen molar-refractivity contribution in [2.45, 2.75) is 6.54 Å². The Kier molecular flexibility index (Phi) is 3.10. The predicted molar refractivity (Wildman–Crippen MR) is 62.8 cm³/mol. The van der Waals surface area contributed by atoms with Crippen molar-refractivity contribution in [1.29, 1.82) is 0 Å². The Morgan fingerprint density at radius 2 is 2.24 bits per heavy atom. The topological polar surface area (TPSA) is 77.6 Å². The van der Waals surface area contributed by atoms with Gasteiger partial charge in [-0.3, -0.25) is 4.79 Å². The molecule has 0 aromatic carbocycles. The third kappa shape index (κ3) is 2.28. The minimum atomic E-state index is -0.338. The molecule has 0 fully saturated rings. The number of rotatable bonds is 3. The van der Waals surface area contributed by atoms with Crippen molar-refractivity contribution in [3.63, 3.8) is 0 Å². The third-order valence-electron chi connectivity index (χ3n) is 2.32. The highest BCUT2D eigenvalue weighted by Gasteiger charge is 2.08. The summed E-state index contributed by atoms with van der Waals surface area (Å²) in [5.74, 6) is 0.738. The number of halogens is 1. The average molecular weight is 255 g/mol. The van der Waals surface area contributed by atoms with Crippen LogP contribution >= 0.6 is 11.6 Å². The van der Waals surface area contributed by atoms with Gasteiger partial charge in [0, 0.05) is 14.1 Å². The van der Waals surface area contributed by atoms with E-state index in [9.17, 15) is 4.79 Å². The first-order chi connectivity index (χ1) is 8.09. The maximum atomic E-state index is 11.5. The van der Waals surface area contributed by atoms with Gasteiger partial charge >= 0.3 is 0 Å². The molecule has 17 heavy (non-hydrogen) atoms. The van der Waals surface area contributed by atoms with Gasteiger partial charge in [-0.05, 0) is 0 Å². The van der Waals surface area contributed by atoms with Crippen LogP contribution in [-0.2, 0) is 20.6 Å². The Morgan fingerprint density at radius 1 is 1.47 bits per heavy atom. The average Bonchev–Trinajstić information content (AvgIpc) is 2.71. The Labute approximate surface area is 102 Å². The van der Waals surface area contributed by atoms with Gasteiger partial charge in [0.15, 0.2) is 5.82 Å². The van der Waals surface area contributed by atoms with E-state index in [4.69, 9.17) is 11.6 Å². The van der Waals surface area contributed by atoms with E-state index in [2.05, 4.69) is 20.6 Å². The molecule has 90 valence electrons. The third-order valence-corrected chi connectivity index (χ3v) is 2.69. The Hall–Kier alpha value is -1.89. The smallest absolute Gasteiger partial charge is 0.287 e. The van der Waals surface area contributed by atoms with Gasteiger partial charge in [0.2, 0.25) is 0 Å². The molecular formula is C9H11ClN6O. The zero-order valence-corrected chi connectivity index (χ0v) is 10.1. The number of nitrogens with zero attached hydrogens (tertiary/aromatic N) is 5. The SMILES string of the molecule is Cn1cnnc1CNc1cnn(C)c(=O)c1Cl. The van der Waals surface area contributed by atoms with E-state index in [0.29, 0.717) is 12.2 Å². The van der Waals surface area contributed by atoms with Crippen LogP contribution in [0.3, 0.4) is 0 Å². The molecule has 0 unspecified atom stereocenters. The molecule has 2 heterocycles. The van der Waals surface area contributed by atoms with Gasteiger partial charge in [0.05, 0.1) is 18.4 Å². The van der Waals surface area contributed by atoms with Gasteiger partial charge in [-0.25, -0.2) is 4.68 Å². The van der Waals surface area contributed by atoms with Crippen LogP contribution in [0.15, 0.2) is 17.3 Å². The molecule has 2 aromatic heterocycles. The van der Waals surface area contributed by atoms with E-state index in [-0.39, 0.29) is 10.6 Å². The summed E-state index contributed by atoms with van der Waals surface area (Å²) >= 11 is 5.90. The normalized spacial score (nSPS) is 10.5. The summed E-state index contributed by atoms with van der Waals surface area (Å²) in [6, 6.07) is 0. The Bertz CT molecular complexity index is 589. The molecule has 0 amide bonds. The Balaban J connectivity index is 2.18. The van der Waals surface area contributed by atoms with Crippen molar-refractivity contribution < 1.29 is 0 Å². The van der Waals surface area contributed by atoms with Gasteiger partial charge < -0.3 is 9.88 Å². The second kappa shape index (κ2) is 4.54. The van der Waals surface area contributed by atoms with Gasteiger partial charge in [0.1, 0.15) is 11.3 Å². The fraction of sp³-hybridized carbons (Fsp3) is 0.333. The molecule has 0 radical (unpaired) electrons. The molecule has 2 aromatic rings. The molecule has 0 saturated heterocycles. The molecule has 0 spiro atoms. The maximum absolute atomic E-state index is 11.5. The zero-order chi connectivity index (χ0) is 12.4. The summed E-state index contributed by atoms with van der Waals surface area (Å²) in [5.41, 5.74) is 0.146. The summed E-state index contributed by atoms with van der Waals surface area (Å²) in [4.78, 5) is 11.5. The molecule has 0 atom stereocenters. The van der Waals surface area contributed by atoms with Crippen molar-refractivity contribution in [2.24, 2.45) is 14.1 Å². The number of aryl methyl sites for hydroxylation is 2. The fourth-order valence-corrected chi connectivity index (χ4v) is 1.51. The number of nitrogens with one attached hydrogen (secondary N) is 1. The van der Waals surface area contributed by atoms with Crippen LogP contribution in [0.25, 0.3) is 0 Å². The first-order valence-corrected chi connectivity index (χ1v) is 5.26. The maximum Gasteiger partial charge on any atom is 0.287 e. The summed E-state index contributed by atoms with van der Waals surface area (Å²) < 4.78 is 2.95. The number of hydrogen-bond acceptors (Lipinski definition) is 5. The quantitative estimate of drug-likeness (QED) is 0.845. The highest BCUT2D eigenvalue weighted by Crippen LogP contribution is 2.15. The van der Waals surface area contributed by atoms with Crippen molar-refractivity contribution in [1.82, 2.24) is 24.5 Å². The zero-order valence-electron chi connectivity index (χ0n) is 9.38. The molecule has 8 heteroatoms. The largest absolute Gasteiger partial charge is 0.375 e. The molecular weight excluding hydrogens is 244 g/mol. The van der Waals surface area contributed by atoms with Gasteiger partial charge in [-0.15, -0.1) is 10.2 Å². The minimum Gasteiger partial charge on any atom is -0.375 e. The van der Waals surface area contributed by atoms with E-state index >= 15 is 0 Å². The van der Waals surface area contributed by atoms with E-state index < -0.39 is 0 Å². The van der Waals surface area contributed by atoms with Crippen LogP contribution < -0.4 is 10.9 Å². The van der Waals surface area contributed by atoms with E-state index in [1.54, 1.807) is 17.9 Å². The molecule has 0 aliphatic carbocycles. The number of anilines is 1. The van der Waals surface area contributed by atoms with Crippen LogP contribution in [0.4, 0.5) is 5.69 Å². The standard InChI is InChI=1S/C9H11ClN6O/c1-15-5-12-14-7(15)4-11-6-3-13-16(2)9(17)8(6)10/h3,5,11H,4H2,1-2H3. The van der Waals surface area contributed by atoms with E-state index in [1.807, 2.05) is 7.05 Å². The molecule has 2 rings (SSSR count). The lowest BCUT2D eigenvalue weighted by Gasteiger charge is -2.07. The second-order valence-corrected chi connectivity index (χ2v) is 3.89. The van der Waals surface area contributed by atoms with Crippen LogP contribution in [0.2, 0.25) is 5.02 Å². The fourth-order valence-electron chi connectivity index (χ4n) is 1.28. The Morgan fingerprint density at radius 3 is 2.88 bits per heavy atom. The predicted octanol–water partition coefficient (Wildman–Crippen LogP) is 0.174. The molecule has 0 aliphatic heterocycles. The molecule has 0 saturated carbocycles. The molecule has 1 N–H and O–H groups in total. The van der Waals surface area contributed by atoms with E-state index in [0.717, 1.165) is 5.82 Å². The molecule has 0 bridgehead atoms. The van der Waals surface area contributed by atoms with Crippen LogP contribution in [-0.4, -0.2) is 24.5 Å². The van der Waals surface area contributed by atoms with E-state index in [1.165, 1.54) is 10.9 Å². The number of aromatic nitrogens is 5. The summed E-state index contributed by atoms with van der Waals surface area (Å²) in [5, 5.41) is 14.6. The van der Waals surface area contributed by atoms with Gasteiger partial charge in [-0.2, -0.15) is 5.10 Å². The highest BCUT2D eigenvalue weighted by molar-refractivity contribution is 6.32. The second-order valence-electron chi connectivity index (χ2n) is 3.51. The lowest BCUT2D eigenvalue weighted by molar-refractivity contribution is 0.707. The van der Waals surface area contributed by atoms with Crippen LogP contribution in [0.5, 0.6) is 0 Å². The van der Waals surface area contributed by atoms with Crippen molar-refractivity contribution in [2.75, 3.05) is 5.32 Å². The monoisotopic (exact) mass is 254 g/mol. The van der Waals surface area contributed by atoms with Crippen molar-refractivity contribution >= 4 is 17.3 Å². The summed E-state index contributed by atoms with van der Waals surface area (Å²) in [6.07, 6.45) is 3.10. The number of hydrogen-bond donors (Lipinski definition) is 1. The lowest BCUT2D eigenvalue weighted by Crippen LogP contribution is -2.21. The first-order valence-electron chi connectivity index (χ1n) is 4.88.